The van der Waals surface area contributed by atoms with Gasteiger partial charge in [0, 0.05) is 19.3 Å². The van der Waals surface area contributed by atoms with Gasteiger partial charge in [-0.25, -0.2) is 10.8 Å². The molecule has 1 aliphatic rings. The summed E-state index contributed by atoms with van der Waals surface area (Å²) in [5, 5.41) is 9.56. The van der Waals surface area contributed by atoms with Crippen molar-refractivity contribution < 1.29 is 14.6 Å². The standard InChI is InChI=1S/C13H19ClN4O3/c1-13(2)7-18(5-9(6-19)21-13)12(20)8-3-10(14)11(17-15)16-4-8/h3-4,9,19H,5-7,15H2,1-2H3,(H,16,17). The third-order valence-corrected chi connectivity index (χ3v) is 3.49. The fourth-order valence-corrected chi connectivity index (χ4v) is 2.61. The lowest BCUT2D eigenvalue weighted by Gasteiger charge is -2.42. The average molecular weight is 315 g/mol. The fourth-order valence-electron chi connectivity index (χ4n) is 2.39. The Morgan fingerprint density at radius 3 is 3.00 bits per heavy atom. The van der Waals surface area contributed by atoms with Crippen LogP contribution in [0.3, 0.4) is 0 Å². The number of nitrogens with two attached hydrogens (primary N) is 1. The molecule has 116 valence electrons. The highest BCUT2D eigenvalue weighted by atomic mass is 35.5. The normalized spacial score (nSPS) is 21.2. The van der Waals surface area contributed by atoms with Crippen molar-refractivity contribution >= 4 is 23.3 Å². The van der Waals surface area contributed by atoms with E-state index in [0.717, 1.165) is 0 Å². The number of amides is 1. The number of hydrogen-bond acceptors (Lipinski definition) is 6. The van der Waals surface area contributed by atoms with Gasteiger partial charge in [-0.05, 0) is 19.9 Å². The van der Waals surface area contributed by atoms with Gasteiger partial charge in [0.05, 0.1) is 28.9 Å². The summed E-state index contributed by atoms with van der Waals surface area (Å²) in [5.41, 5.74) is 2.20. The summed E-state index contributed by atoms with van der Waals surface area (Å²) in [6.45, 7) is 4.37. The van der Waals surface area contributed by atoms with Crippen molar-refractivity contribution in [3.8, 4) is 0 Å². The number of halogens is 1. The molecule has 1 unspecified atom stereocenters. The molecule has 2 heterocycles. The summed E-state index contributed by atoms with van der Waals surface area (Å²) in [5.74, 6) is 5.36. The van der Waals surface area contributed by atoms with Gasteiger partial charge in [-0.15, -0.1) is 0 Å². The number of nitrogens with zero attached hydrogens (tertiary/aromatic N) is 2. The maximum absolute atomic E-state index is 12.5. The summed E-state index contributed by atoms with van der Waals surface area (Å²) >= 11 is 5.98. The summed E-state index contributed by atoms with van der Waals surface area (Å²) in [4.78, 5) is 18.2. The quantitative estimate of drug-likeness (QED) is 0.559. The SMILES string of the molecule is CC1(C)CN(C(=O)c2cnc(NN)c(Cl)c2)CC(CO)O1. The first kappa shape index (κ1) is 16.0. The molecule has 8 heteroatoms. The molecular formula is C13H19ClN4O3. The number of hydrazine groups is 1. The zero-order valence-corrected chi connectivity index (χ0v) is 12.7. The smallest absolute Gasteiger partial charge is 0.255 e. The molecule has 0 aliphatic carbocycles. The van der Waals surface area contributed by atoms with Crippen LogP contribution in [0.15, 0.2) is 12.3 Å². The second-order valence-corrected chi connectivity index (χ2v) is 5.97. The van der Waals surface area contributed by atoms with Gasteiger partial charge in [0.25, 0.3) is 5.91 Å². The number of aromatic nitrogens is 1. The van der Waals surface area contributed by atoms with Crippen LogP contribution in [0.2, 0.25) is 5.02 Å². The van der Waals surface area contributed by atoms with Crippen molar-refractivity contribution in [3.05, 3.63) is 22.8 Å². The van der Waals surface area contributed by atoms with Crippen LogP contribution in [0, 0.1) is 0 Å². The summed E-state index contributed by atoms with van der Waals surface area (Å²) in [7, 11) is 0. The molecule has 7 nitrogen and oxygen atoms in total. The predicted molar refractivity (Wildman–Crippen MR) is 79.0 cm³/mol. The molecule has 0 aromatic carbocycles. The van der Waals surface area contributed by atoms with E-state index in [1.54, 1.807) is 4.90 Å². The highest BCUT2D eigenvalue weighted by Gasteiger charge is 2.35. The minimum Gasteiger partial charge on any atom is -0.394 e. The van der Waals surface area contributed by atoms with E-state index < -0.39 is 11.7 Å². The van der Waals surface area contributed by atoms with E-state index in [9.17, 15) is 9.90 Å². The fraction of sp³-hybridized carbons (Fsp3) is 0.538. The number of nitrogen functional groups attached to an aromatic ring is 1. The van der Waals surface area contributed by atoms with Crippen molar-refractivity contribution in [2.75, 3.05) is 25.1 Å². The number of carbonyl (C=O) groups excluding carboxylic acids is 1. The van der Waals surface area contributed by atoms with Crippen LogP contribution >= 0.6 is 11.6 Å². The van der Waals surface area contributed by atoms with Crippen LogP contribution in [0.25, 0.3) is 0 Å². The van der Waals surface area contributed by atoms with Crippen LogP contribution in [0.1, 0.15) is 24.2 Å². The Bertz CT molecular complexity index is 538. The molecule has 0 radical (unpaired) electrons. The highest BCUT2D eigenvalue weighted by Crippen LogP contribution is 2.24. The van der Waals surface area contributed by atoms with E-state index in [-0.39, 0.29) is 17.5 Å². The molecule has 1 amide bonds. The van der Waals surface area contributed by atoms with Crippen molar-refractivity contribution in [3.63, 3.8) is 0 Å². The molecule has 0 spiro atoms. The first-order valence-electron chi connectivity index (χ1n) is 6.56. The molecule has 1 aromatic heterocycles. The van der Waals surface area contributed by atoms with E-state index in [0.29, 0.717) is 24.5 Å². The molecule has 1 atom stereocenters. The topological polar surface area (TPSA) is 101 Å². The van der Waals surface area contributed by atoms with Gasteiger partial charge in [0.15, 0.2) is 5.82 Å². The number of pyridine rings is 1. The molecule has 2 rings (SSSR count). The number of aliphatic hydroxyl groups excluding tert-OH is 1. The molecule has 1 fully saturated rings. The maximum atomic E-state index is 12.5. The second-order valence-electron chi connectivity index (χ2n) is 5.57. The van der Waals surface area contributed by atoms with E-state index in [1.807, 2.05) is 13.8 Å². The predicted octanol–water partition coefficient (Wildman–Crippen LogP) is 0.633. The number of nitrogens with one attached hydrogen (secondary N) is 1. The van der Waals surface area contributed by atoms with Gasteiger partial charge < -0.3 is 20.2 Å². The van der Waals surface area contributed by atoms with Crippen LogP contribution in [-0.2, 0) is 4.74 Å². The Labute approximate surface area is 128 Å². The average Bonchev–Trinajstić information content (AvgIpc) is 2.44. The Hall–Kier alpha value is -1.41. The number of hydrogen-bond donors (Lipinski definition) is 3. The Morgan fingerprint density at radius 1 is 1.71 bits per heavy atom. The molecule has 1 aromatic rings. The summed E-state index contributed by atoms with van der Waals surface area (Å²) in [6.07, 6.45) is 1.02. The van der Waals surface area contributed by atoms with Gasteiger partial charge in [0.2, 0.25) is 0 Å². The second kappa shape index (κ2) is 6.15. The van der Waals surface area contributed by atoms with Crippen LogP contribution in [0.4, 0.5) is 5.82 Å². The Kier molecular flexibility index (Phi) is 4.67. The number of ether oxygens (including phenoxy) is 1. The largest absolute Gasteiger partial charge is 0.394 e. The number of rotatable bonds is 3. The molecule has 0 bridgehead atoms. The van der Waals surface area contributed by atoms with Gasteiger partial charge in [-0.2, -0.15) is 0 Å². The molecule has 1 saturated heterocycles. The molecule has 4 N–H and O–H groups in total. The van der Waals surface area contributed by atoms with Crippen molar-refractivity contribution in [1.29, 1.82) is 0 Å². The summed E-state index contributed by atoms with van der Waals surface area (Å²) < 4.78 is 5.69. The first-order valence-corrected chi connectivity index (χ1v) is 6.94. The van der Waals surface area contributed by atoms with E-state index >= 15 is 0 Å². The van der Waals surface area contributed by atoms with E-state index in [2.05, 4.69) is 10.4 Å². The highest BCUT2D eigenvalue weighted by molar-refractivity contribution is 6.33. The monoisotopic (exact) mass is 314 g/mol. The van der Waals surface area contributed by atoms with Gasteiger partial charge in [-0.1, -0.05) is 11.6 Å². The lowest BCUT2D eigenvalue weighted by atomic mass is 10.0. The molecule has 1 aliphatic heterocycles. The number of carbonyl (C=O) groups is 1. The number of anilines is 1. The van der Waals surface area contributed by atoms with Gasteiger partial charge in [0.1, 0.15) is 0 Å². The lowest BCUT2D eigenvalue weighted by Crippen LogP contribution is -2.55. The van der Waals surface area contributed by atoms with Crippen molar-refractivity contribution in [2.45, 2.75) is 25.6 Å². The van der Waals surface area contributed by atoms with Crippen molar-refractivity contribution in [2.24, 2.45) is 5.84 Å². The number of aliphatic hydroxyl groups is 1. The number of morpholine rings is 1. The van der Waals surface area contributed by atoms with E-state index in [4.69, 9.17) is 22.2 Å². The zero-order chi connectivity index (χ0) is 15.6. The first-order chi connectivity index (χ1) is 9.86. The van der Waals surface area contributed by atoms with Crippen molar-refractivity contribution in [1.82, 2.24) is 9.88 Å². The minimum absolute atomic E-state index is 0.137. The van der Waals surface area contributed by atoms with E-state index in [1.165, 1.54) is 12.3 Å². The minimum atomic E-state index is -0.517. The zero-order valence-electron chi connectivity index (χ0n) is 12.0. The summed E-state index contributed by atoms with van der Waals surface area (Å²) in [6, 6.07) is 1.52. The maximum Gasteiger partial charge on any atom is 0.255 e. The lowest BCUT2D eigenvalue weighted by molar-refractivity contribution is -0.139. The van der Waals surface area contributed by atoms with Gasteiger partial charge >= 0.3 is 0 Å². The molecular weight excluding hydrogens is 296 g/mol. The van der Waals surface area contributed by atoms with Gasteiger partial charge in [-0.3, -0.25) is 4.79 Å². The molecule has 21 heavy (non-hydrogen) atoms. The Balaban J connectivity index is 2.20. The van der Waals surface area contributed by atoms with Crippen LogP contribution in [-0.4, -0.2) is 52.3 Å². The third kappa shape index (κ3) is 3.62. The Morgan fingerprint density at radius 2 is 2.43 bits per heavy atom. The third-order valence-electron chi connectivity index (χ3n) is 3.20. The van der Waals surface area contributed by atoms with Crippen LogP contribution < -0.4 is 11.3 Å². The van der Waals surface area contributed by atoms with Crippen LogP contribution in [0.5, 0.6) is 0 Å². The molecule has 0 saturated carbocycles.